The number of alkyl halides is 1. The maximum Gasteiger partial charge on any atom is 0.317 e. The standard InChI is InChI=1S/C28H30Cl2F2N4O5/c1-15-11-35(12-16(2)36(15)14-23(37)38)25-22(32)9-19-24(27(25)41-3)34(7-6-31)13-20(26(19)39)28(40)33-10-17-4-5-18(29)8-21(17)30/h4-5,8-9,13,15-16H,6-7,10-12,14H2,1-3H3,(H,33,40)(H,37,38)/t15-,16+. The highest BCUT2D eigenvalue weighted by molar-refractivity contribution is 6.35. The van der Waals surface area contributed by atoms with Crippen LogP contribution in [0.15, 0.2) is 35.3 Å². The van der Waals surface area contributed by atoms with Gasteiger partial charge >= 0.3 is 5.97 Å². The van der Waals surface area contributed by atoms with Gasteiger partial charge in [0.25, 0.3) is 5.91 Å². The molecule has 41 heavy (non-hydrogen) atoms. The first-order valence-electron chi connectivity index (χ1n) is 12.9. The van der Waals surface area contributed by atoms with Crippen LogP contribution in [0.4, 0.5) is 14.5 Å². The summed E-state index contributed by atoms with van der Waals surface area (Å²) >= 11 is 12.1. The number of nitrogens with zero attached hydrogens (tertiary/aromatic N) is 3. The number of hydrogen-bond donors (Lipinski definition) is 2. The fraction of sp³-hybridized carbons (Fsp3) is 0.393. The number of pyridine rings is 1. The second-order valence-electron chi connectivity index (χ2n) is 9.98. The first kappa shape index (κ1) is 30.5. The van der Waals surface area contributed by atoms with Crippen molar-refractivity contribution >= 4 is 51.7 Å². The van der Waals surface area contributed by atoms with Crippen LogP contribution >= 0.6 is 23.2 Å². The second kappa shape index (κ2) is 12.6. The van der Waals surface area contributed by atoms with Gasteiger partial charge < -0.3 is 24.6 Å². The van der Waals surface area contributed by atoms with Crippen molar-refractivity contribution in [2.75, 3.05) is 38.3 Å². The van der Waals surface area contributed by atoms with Gasteiger partial charge in [0, 0.05) is 48.0 Å². The molecule has 13 heteroatoms. The summed E-state index contributed by atoms with van der Waals surface area (Å²) in [6.45, 7) is 3.07. The molecule has 2 heterocycles. The number of halogens is 4. The summed E-state index contributed by atoms with van der Waals surface area (Å²) < 4.78 is 36.5. The average Bonchev–Trinajstić information content (AvgIpc) is 2.90. The van der Waals surface area contributed by atoms with Gasteiger partial charge in [0.2, 0.25) is 5.43 Å². The highest BCUT2D eigenvalue weighted by atomic mass is 35.5. The zero-order valence-electron chi connectivity index (χ0n) is 22.7. The molecule has 1 fully saturated rings. The van der Waals surface area contributed by atoms with E-state index in [9.17, 15) is 23.9 Å². The van der Waals surface area contributed by atoms with Crippen molar-refractivity contribution in [2.45, 2.75) is 39.0 Å². The SMILES string of the molecule is COc1c(N2C[C@@H](C)N(CC(=O)O)[C@@H](C)C2)c(F)cc2c(=O)c(C(=O)NCc3ccc(Cl)cc3Cl)cn(CCF)c12. The fourth-order valence-corrected chi connectivity index (χ4v) is 5.82. The molecule has 9 nitrogen and oxygen atoms in total. The number of benzene rings is 2. The number of piperazine rings is 1. The third-order valence-corrected chi connectivity index (χ3v) is 7.80. The molecule has 2 atom stereocenters. The van der Waals surface area contributed by atoms with Crippen LogP contribution in [0.5, 0.6) is 5.75 Å². The first-order valence-corrected chi connectivity index (χ1v) is 13.7. The van der Waals surface area contributed by atoms with Gasteiger partial charge in [-0.15, -0.1) is 0 Å². The van der Waals surface area contributed by atoms with Crippen LogP contribution < -0.4 is 20.4 Å². The Balaban J connectivity index is 1.76. The maximum atomic E-state index is 15.8. The highest BCUT2D eigenvalue weighted by Gasteiger charge is 2.34. The molecule has 1 aromatic heterocycles. The average molecular weight is 611 g/mol. The molecule has 1 amide bonds. The molecule has 0 bridgehead atoms. The van der Waals surface area contributed by atoms with Crippen molar-refractivity contribution in [1.82, 2.24) is 14.8 Å². The number of carboxylic acids is 1. The van der Waals surface area contributed by atoms with Gasteiger partial charge in [0.1, 0.15) is 17.9 Å². The minimum atomic E-state index is -0.960. The van der Waals surface area contributed by atoms with E-state index in [-0.39, 0.29) is 72.7 Å². The molecule has 0 spiro atoms. The van der Waals surface area contributed by atoms with Crippen LogP contribution in [0.1, 0.15) is 29.8 Å². The van der Waals surface area contributed by atoms with E-state index in [4.69, 9.17) is 27.9 Å². The van der Waals surface area contributed by atoms with Crippen LogP contribution in [-0.4, -0.2) is 72.0 Å². The molecule has 2 N–H and O–H groups in total. The van der Waals surface area contributed by atoms with E-state index in [0.717, 1.165) is 6.07 Å². The third-order valence-electron chi connectivity index (χ3n) is 7.21. The highest BCUT2D eigenvalue weighted by Crippen LogP contribution is 2.39. The molecule has 0 unspecified atom stereocenters. The van der Waals surface area contributed by atoms with E-state index in [1.54, 1.807) is 17.0 Å². The minimum Gasteiger partial charge on any atom is -0.492 e. The van der Waals surface area contributed by atoms with Crippen molar-refractivity contribution in [3.8, 4) is 5.75 Å². The molecule has 0 radical (unpaired) electrons. The van der Waals surface area contributed by atoms with E-state index in [1.165, 1.54) is 23.9 Å². The molecule has 3 aromatic rings. The van der Waals surface area contributed by atoms with Gasteiger partial charge in [-0.05, 0) is 37.6 Å². The van der Waals surface area contributed by atoms with Gasteiger partial charge in [0.15, 0.2) is 11.6 Å². The van der Waals surface area contributed by atoms with E-state index >= 15 is 4.39 Å². The number of carboxylic acid groups (broad SMARTS) is 1. The molecule has 1 saturated heterocycles. The summed E-state index contributed by atoms with van der Waals surface area (Å²) in [5, 5.41) is 12.5. The Morgan fingerprint density at radius 3 is 2.44 bits per heavy atom. The molecule has 220 valence electrons. The smallest absolute Gasteiger partial charge is 0.317 e. The lowest BCUT2D eigenvalue weighted by Gasteiger charge is -2.45. The molecule has 1 aliphatic rings. The Bertz CT molecular complexity index is 1540. The second-order valence-corrected chi connectivity index (χ2v) is 10.8. The normalized spacial score (nSPS) is 17.6. The van der Waals surface area contributed by atoms with Gasteiger partial charge in [-0.1, -0.05) is 29.3 Å². The van der Waals surface area contributed by atoms with Crippen LogP contribution in [-0.2, 0) is 17.9 Å². The van der Waals surface area contributed by atoms with Gasteiger partial charge in [0.05, 0.1) is 31.1 Å². The zero-order valence-corrected chi connectivity index (χ0v) is 24.2. The summed E-state index contributed by atoms with van der Waals surface area (Å²) in [5.74, 6) is -2.43. The summed E-state index contributed by atoms with van der Waals surface area (Å²) in [5.41, 5.74) is -0.243. The van der Waals surface area contributed by atoms with Crippen molar-refractivity contribution in [3.63, 3.8) is 0 Å². The van der Waals surface area contributed by atoms with Crippen LogP contribution in [0.3, 0.4) is 0 Å². The third kappa shape index (κ3) is 6.27. The Hall–Kier alpha value is -3.41. The number of fused-ring (bicyclic) bond motifs is 1. The number of carbonyl (C=O) groups excluding carboxylic acids is 1. The number of carbonyl (C=O) groups is 2. The minimum absolute atomic E-state index is 0.00370. The van der Waals surface area contributed by atoms with E-state index in [0.29, 0.717) is 15.6 Å². The maximum absolute atomic E-state index is 15.8. The number of hydrogen-bond acceptors (Lipinski definition) is 6. The van der Waals surface area contributed by atoms with E-state index in [1.807, 2.05) is 18.7 Å². The molecule has 2 aromatic carbocycles. The predicted octanol–water partition coefficient (Wildman–Crippen LogP) is 4.34. The zero-order chi connectivity index (χ0) is 30.0. The fourth-order valence-electron chi connectivity index (χ4n) is 5.35. The summed E-state index contributed by atoms with van der Waals surface area (Å²) in [7, 11) is 1.33. The van der Waals surface area contributed by atoms with Gasteiger partial charge in [-0.25, -0.2) is 8.78 Å². The monoisotopic (exact) mass is 610 g/mol. The number of anilines is 1. The molecular formula is C28H30Cl2F2N4O5. The van der Waals surface area contributed by atoms with Crippen LogP contribution in [0.2, 0.25) is 10.0 Å². The topological polar surface area (TPSA) is 104 Å². The first-order chi connectivity index (χ1) is 19.5. The lowest BCUT2D eigenvalue weighted by molar-refractivity contribution is -0.139. The Labute approximate surface area is 245 Å². The molecule has 0 saturated carbocycles. The lowest BCUT2D eigenvalue weighted by atomic mass is 10.0. The molecular weight excluding hydrogens is 581 g/mol. The quantitative estimate of drug-likeness (QED) is 0.371. The molecule has 1 aliphatic heterocycles. The summed E-state index contributed by atoms with van der Waals surface area (Å²) in [6, 6.07) is 5.34. The van der Waals surface area contributed by atoms with E-state index < -0.39 is 29.8 Å². The summed E-state index contributed by atoms with van der Waals surface area (Å²) in [6.07, 6.45) is 1.24. The number of amides is 1. The Morgan fingerprint density at radius 2 is 1.85 bits per heavy atom. The number of nitrogens with one attached hydrogen (secondary N) is 1. The Morgan fingerprint density at radius 1 is 1.17 bits per heavy atom. The van der Waals surface area contributed by atoms with Crippen molar-refractivity contribution < 1.29 is 28.2 Å². The Kier molecular flexibility index (Phi) is 9.41. The number of rotatable bonds is 9. The van der Waals surface area contributed by atoms with Crippen molar-refractivity contribution in [3.05, 3.63) is 67.7 Å². The van der Waals surface area contributed by atoms with Crippen molar-refractivity contribution in [1.29, 1.82) is 0 Å². The predicted molar refractivity (Wildman–Crippen MR) is 154 cm³/mol. The van der Waals surface area contributed by atoms with Gasteiger partial charge in [-0.3, -0.25) is 19.3 Å². The lowest BCUT2D eigenvalue weighted by Crippen LogP contribution is -2.58. The molecule has 4 rings (SSSR count). The van der Waals surface area contributed by atoms with Crippen LogP contribution in [0.25, 0.3) is 10.9 Å². The number of methoxy groups -OCH3 is 1. The van der Waals surface area contributed by atoms with Crippen molar-refractivity contribution in [2.24, 2.45) is 0 Å². The van der Waals surface area contributed by atoms with Gasteiger partial charge in [-0.2, -0.15) is 0 Å². The van der Waals surface area contributed by atoms with E-state index in [2.05, 4.69) is 5.32 Å². The largest absolute Gasteiger partial charge is 0.492 e. The number of ether oxygens (including phenoxy) is 1. The number of aromatic nitrogens is 1. The number of aryl methyl sites for hydroxylation is 1. The molecule has 0 aliphatic carbocycles. The number of aliphatic carboxylic acids is 1. The summed E-state index contributed by atoms with van der Waals surface area (Å²) in [4.78, 5) is 41.5. The van der Waals surface area contributed by atoms with Crippen LogP contribution in [0, 0.1) is 5.82 Å².